The molecule has 2 aliphatic heterocycles. The van der Waals surface area contributed by atoms with Gasteiger partial charge in [0.1, 0.15) is 30.1 Å². The summed E-state index contributed by atoms with van der Waals surface area (Å²) in [5.41, 5.74) is 2.15. The van der Waals surface area contributed by atoms with E-state index in [1.165, 1.54) is 29.0 Å². The first-order valence-corrected chi connectivity index (χ1v) is 12.0. The first-order valence-electron chi connectivity index (χ1n) is 10.7. The Morgan fingerprint density at radius 3 is 2.72 bits per heavy atom. The summed E-state index contributed by atoms with van der Waals surface area (Å²) in [6.07, 6.45) is 2.21. The number of alkyl carbamates (subject to hydrolysis) is 1. The van der Waals surface area contributed by atoms with Gasteiger partial charge in [-0.3, -0.25) is 24.9 Å². The Morgan fingerprint density at radius 2 is 2.11 bits per heavy atom. The molecule has 1 fully saturated rings. The van der Waals surface area contributed by atoms with Crippen molar-refractivity contribution in [2.75, 3.05) is 26.7 Å². The Labute approximate surface area is 206 Å². The molecule has 4 N–H and O–H groups in total. The molecular formula is C18H28N8O9S. The maximum absolute atomic E-state index is 12.8. The van der Waals surface area contributed by atoms with Gasteiger partial charge in [-0.2, -0.15) is 18.6 Å². The highest BCUT2D eigenvalue weighted by atomic mass is 32.3. The number of carbonyl (C=O) groups is 2. The molecule has 18 heteroatoms. The van der Waals surface area contributed by atoms with Crippen LogP contribution in [0.25, 0.3) is 0 Å². The first kappa shape index (κ1) is 27.1. The summed E-state index contributed by atoms with van der Waals surface area (Å²) in [6.45, 7) is 5.52. The number of amides is 3. The molecule has 1 saturated heterocycles. The fourth-order valence-corrected chi connectivity index (χ4v) is 4.09. The van der Waals surface area contributed by atoms with E-state index in [1.807, 2.05) is 5.48 Å². The SMILES string of the molecule is CN=C(NO)[C@@H]1c2c(cnn2C/C=N/OCCNC(=O)OC(C)(C)C)[C@@H]2CN1C(=O)N2OS(=O)(=O)O. The number of urea groups is 1. The van der Waals surface area contributed by atoms with Crippen LogP contribution in [0.3, 0.4) is 0 Å². The fraction of sp³-hybridized carbons (Fsp3) is 0.611. The van der Waals surface area contributed by atoms with Crippen LogP contribution >= 0.6 is 0 Å². The maximum Gasteiger partial charge on any atom is 0.418 e. The van der Waals surface area contributed by atoms with E-state index in [0.717, 1.165) is 0 Å². The van der Waals surface area contributed by atoms with Gasteiger partial charge in [0.25, 0.3) is 0 Å². The zero-order valence-electron chi connectivity index (χ0n) is 20.0. The van der Waals surface area contributed by atoms with Crippen molar-refractivity contribution in [2.45, 2.75) is 45.0 Å². The van der Waals surface area contributed by atoms with Gasteiger partial charge in [0.05, 0.1) is 37.7 Å². The Kier molecular flexibility index (Phi) is 8.02. The van der Waals surface area contributed by atoms with Crippen molar-refractivity contribution in [3.8, 4) is 0 Å². The van der Waals surface area contributed by atoms with Gasteiger partial charge in [-0.1, -0.05) is 5.16 Å². The van der Waals surface area contributed by atoms with Crippen LogP contribution in [-0.2, 0) is 30.8 Å². The molecule has 17 nitrogen and oxygen atoms in total. The van der Waals surface area contributed by atoms with Crippen LogP contribution in [-0.4, -0.2) is 94.4 Å². The molecule has 2 aliphatic rings. The minimum Gasteiger partial charge on any atom is -0.444 e. The van der Waals surface area contributed by atoms with Gasteiger partial charge in [-0.05, 0) is 20.8 Å². The third-order valence-corrected chi connectivity index (χ3v) is 5.33. The molecule has 3 heterocycles. The number of hydroxylamine groups is 3. The molecule has 0 saturated carbocycles. The normalized spacial score (nSPS) is 20.1. The number of carbonyl (C=O) groups excluding carboxylic acids is 2. The number of fused-ring (bicyclic) bond motifs is 4. The molecule has 0 aromatic carbocycles. The molecule has 2 bridgehead atoms. The maximum atomic E-state index is 12.8. The largest absolute Gasteiger partial charge is 0.444 e. The molecule has 0 unspecified atom stereocenters. The second-order valence-electron chi connectivity index (χ2n) is 8.62. The molecule has 3 amide bonds. The topological polar surface area (TPSA) is 210 Å². The number of aromatic nitrogens is 2. The van der Waals surface area contributed by atoms with Gasteiger partial charge < -0.3 is 19.8 Å². The molecule has 0 spiro atoms. The third-order valence-electron chi connectivity index (χ3n) is 4.98. The Balaban J connectivity index is 1.71. The third kappa shape index (κ3) is 6.20. The lowest BCUT2D eigenvalue weighted by molar-refractivity contribution is -0.0316. The summed E-state index contributed by atoms with van der Waals surface area (Å²) >= 11 is 0. The number of nitrogens with one attached hydrogen (secondary N) is 2. The van der Waals surface area contributed by atoms with E-state index in [-0.39, 0.29) is 32.1 Å². The monoisotopic (exact) mass is 532 g/mol. The standard InChI is InChI=1S/C18H28N8O9S/c1-18(2,3)34-16(27)20-6-8-33-22-5-7-25-13-11(9-21-25)12-10-24(14(13)15(19-4)23-29)17(28)26(12)35-36(30,31)32/h5,9,12,14,29H,6-8,10H2,1-4H3,(H,19,23)(H,20,27)(H,30,31,32)/b22-5+/t12-,14-/m0/s1. The number of amidine groups is 1. The minimum atomic E-state index is -4.98. The lowest BCUT2D eigenvalue weighted by Gasteiger charge is -2.31. The highest BCUT2D eigenvalue weighted by Gasteiger charge is 2.53. The summed E-state index contributed by atoms with van der Waals surface area (Å²) in [5.74, 6) is -0.0140. The molecule has 200 valence electrons. The molecule has 1 aromatic rings. The molecule has 1 aromatic heterocycles. The number of aliphatic imine (C=N–C) groups is 1. The number of hydrogen-bond acceptors (Lipinski definition) is 11. The van der Waals surface area contributed by atoms with Gasteiger partial charge in [0.15, 0.2) is 0 Å². The molecule has 36 heavy (non-hydrogen) atoms. The molecule has 0 aliphatic carbocycles. The Bertz CT molecular complexity index is 1140. The highest BCUT2D eigenvalue weighted by molar-refractivity contribution is 7.80. The summed E-state index contributed by atoms with van der Waals surface area (Å²) in [7, 11) is -3.59. The number of oxime groups is 1. The van der Waals surface area contributed by atoms with E-state index in [4.69, 9.17) is 14.1 Å². The number of ether oxygens (including phenoxy) is 1. The van der Waals surface area contributed by atoms with Gasteiger partial charge in [-0.25, -0.2) is 9.59 Å². The van der Waals surface area contributed by atoms with Crippen LogP contribution < -0.4 is 10.8 Å². The zero-order chi connectivity index (χ0) is 26.7. The number of rotatable bonds is 9. The number of nitrogens with zero attached hydrogens (tertiary/aromatic N) is 6. The molecule has 2 atom stereocenters. The predicted octanol–water partition coefficient (Wildman–Crippen LogP) is -0.0149. The van der Waals surface area contributed by atoms with Crippen molar-refractivity contribution >= 4 is 34.6 Å². The van der Waals surface area contributed by atoms with E-state index in [9.17, 15) is 23.2 Å². The molecule has 0 radical (unpaired) electrons. The van der Waals surface area contributed by atoms with Crippen molar-refractivity contribution in [2.24, 2.45) is 10.1 Å². The lowest BCUT2D eigenvalue weighted by Crippen LogP contribution is -2.44. The van der Waals surface area contributed by atoms with Crippen molar-refractivity contribution in [1.29, 1.82) is 0 Å². The molecular weight excluding hydrogens is 504 g/mol. The van der Waals surface area contributed by atoms with Crippen molar-refractivity contribution in [1.82, 2.24) is 30.5 Å². The fourth-order valence-electron chi connectivity index (χ4n) is 3.72. The average molecular weight is 533 g/mol. The van der Waals surface area contributed by atoms with Crippen molar-refractivity contribution in [3.63, 3.8) is 0 Å². The van der Waals surface area contributed by atoms with Crippen LogP contribution in [0.15, 0.2) is 16.3 Å². The zero-order valence-corrected chi connectivity index (χ0v) is 20.8. The van der Waals surface area contributed by atoms with Gasteiger partial charge >= 0.3 is 22.5 Å². The predicted molar refractivity (Wildman–Crippen MR) is 121 cm³/mol. The van der Waals surface area contributed by atoms with Gasteiger partial charge in [-0.15, -0.1) is 4.28 Å². The number of hydrogen-bond donors (Lipinski definition) is 4. The van der Waals surface area contributed by atoms with E-state index in [0.29, 0.717) is 16.3 Å². The van der Waals surface area contributed by atoms with Crippen molar-refractivity contribution in [3.05, 3.63) is 17.5 Å². The summed E-state index contributed by atoms with van der Waals surface area (Å²) in [5, 5.41) is 20.7. The average Bonchev–Trinajstić information content (AvgIpc) is 3.29. The molecule has 3 rings (SSSR count). The summed E-state index contributed by atoms with van der Waals surface area (Å²) < 4.78 is 42.7. The Morgan fingerprint density at radius 1 is 1.39 bits per heavy atom. The van der Waals surface area contributed by atoms with Crippen LogP contribution in [0, 0.1) is 0 Å². The quantitative estimate of drug-likeness (QED) is 0.109. The summed E-state index contributed by atoms with van der Waals surface area (Å²) in [6, 6.07) is -2.73. The van der Waals surface area contributed by atoms with Gasteiger partial charge in [0.2, 0.25) is 0 Å². The van der Waals surface area contributed by atoms with Crippen LogP contribution in [0.1, 0.15) is 44.1 Å². The van der Waals surface area contributed by atoms with E-state index in [2.05, 4.69) is 24.8 Å². The highest BCUT2D eigenvalue weighted by Crippen LogP contribution is 2.44. The smallest absolute Gasteiger partial charge is 0.418 e. The second kappa shape index (κ2) is 10.6. The van der Waals surface area contributed by atoms with E-state index >= 15 is 0 Å². The second-order valence-corrected chi connectivity index (χ2v) is 9.62. The Hall–Kier alpha value is -3.48. The summed E-state index contributed by atoms with van der Waals surface area (Å²) in [4.78, 5) is 34.7. The van der Waals surface area contributed by atoms with E-state index < -0.39 is 40.2 Å². The van der Waals surface area contributed by atoms with Crippen LogP contribution in [0.5, 0.6) is 0 Å². The first-order chi connectivity index (χ1) is 16.9. The minimum absolute atomic E-state index is 0.0136. The van der Waals surface area contributed by atoms with Crippen LogP contribution in [0.4, 0.5) is 9.59 Å². The van der Waals surface area contributed by atoms with E-state index in [1.54, 1.807) is 20.8 Å². The van der Waals surface area contributed by atoms with Crippen molar-refractivity contribution < 1.29 is 41.6 Å². The van der Waals surface area contributed by atoms with Gasteiger partial charge in [0, 0.05) is 12.6 Å². The lowest BCUT2D eigenvalue weighted by atomic mass is 9.97. The van der Waals surface area contributed by atoms with Crippen LogP contribution in [0.2, 0.25) is 0 Å².